The highest BCUT2D eigenvalue weighted by Gasteiger charge is 2.10. The van der Waals surface area contributed by atoms with Crippen molar-refractivity contribution in [3.05, 3.63) is 44.8 Å². The van der Waals surface area contributed by atoms with Gasteiger partial charge >= 0.3 is 0 Å². The lowest BCUT2D eigenvalue weighted by Gasteiger charge is -2.09. The number of benzene rings is 1. The Balaban J connectivity index is 2.59. The van der Waals surface area contributed by atoms with Crippen LogP contribution in [0.1, 0.15) is 12.6 Å². The summed E-state index contributed by atoms with van der Waals surface area (Å²) in [5.74, 6) is 1.23. The highest BCUT2D eigenvalue weighted by atomic mass is 79.9. The van der Waals surface area contributed by atoms with Gasteiger partial charge in [0.25, 0.3) is 5.56 Å². The summed E-state index contributed by atoms with van der Waals surface area (Å²) in [7, 11) is 0. The summed E-state index contributed by atoms with van der Waals surface area (Å²) in [5, 5.41) is 0. The predicted molar refractivity (Wildman–Crippen MR) is 73.9 cm³/mol. The third kappa shape index (κ3) is 2.46. The van der Waals surface area contributed by atoms with Gasteiger partial charge in [-0.25, -0.2) is 4.98 Å². The molecule has 0 aliphatic carbocycles. The smallest absolute Gasteiger partial charge is 0.265 e. The first-order valence-electron chi connectivity index (χ1n) is 5.62. The van der Waals surface area contributed by atoms with Gasteiger partial charge in [-0.15, -0.1) is 0 Å². The van der Waals surface area contributed by atoms with E-state index in [0.717, 1.165) is 5.56 Å². The van der Waals surface area contributed by atoms with Crippen molar-refractivity contribution in [2.24, 2.45) is 0 Å². The summed E-state index contributed by atoms with van der Waals surface area (Å²) in [4.78, 5) is 18.8. The third-order valence-electron chi connectivity index (χ3n) is 2.47. The molecule has 0 fully saturated rings. The van der Waals surface area contributed by atoms with Gasteiger partial charge in [0, 0.05) is 0 Å². The molecule has 0 saturated carbocycles. The molecule has 0 amide bonds. The molecule has 0 bridgehead atoms. The fraction of sp³-hybridized carbons (Fsp3) is 0.231. The van der Waals surface area contributed by atoms with Crippen molar-refractivity contribution in [2.45, 2.75) is 13.8 Å². The zero-order chi connectivity index (χ0) is 13.1. The van der Waals surface area contributed by atoms with Crippen LogP contribution in [-0.4, -0.2) is 16.6 Å². The Hall–Kier alpha value is -1.62. The third-order valence-corrected chi connectivity index (χ3v) is 3.40. The molecule has 0 aliphatic heterocycles. The van der Waals surface area contributed by atoms with Gasteiger partial charge in [0.05, 0.1) is 17.9 Å². The number of aromatic nitrogens is 2. The van der Waals surface area contributed by atoms with Crippen LogP contribution in [0.5, 0.6) is 5.75 Å². The fourth-order valence-corrected chi connectivity index (χ4v) is 1.83. The second kappa shape index (κ2) is 5.35. The van der Waals surface area contributed by atoms with Crippen molar-refractivity contribution >= 4 is 15.9 Å². The van der Waals surface area contributed by atoms with E-state index in [-0.39, 0.29) is 5.56 Å². The van der Waals surface area contributed by atoms with Crippen molar-refractivity contribution < 1.29 is 4.74 Å². The van der Waals surface area contributed by atoms with Crippen LogP contribution >= 0.6 is 15.9 Å². The number of halogens is 1. The first kappa shape index (κ1) is 12.8. The lowest BCUT2D eigenvalue weighted by atomic mass is 10.2. The molecule has 5 heteroatoms. The van der Waals surface area contributed by atoms with E-state index in [4.69, 9.17) is 4.74 Å². The van der Waals surface area contributed by atoms with Gasteiger partial charge in [-0.1, -0.05) is 12.1 Å². The van der Waals surface area contributed by atoms with Gasteiger partial charge in [-0.3, -0.25) is 4.79 Å². The Bertz CT molecular complexity index is 623. The first-order valence-corrected chi connectivity index (χ1v) is 6.41. The second-order valence-electron chi connectivity index (χ2n) is 3.74. The van der Waals surface area contributed by atoms with E-state index in [1.54, 1.807) is 6.92 Å². The molecule has 0 atom stereocenters. The molecule has 0 saturated heterocycles. The van der Waals surface area contributed by atoms with Crippen molar-refractivity contribution in [1.29, 1.82) is 0 Å². The average Bonchev–Trinajstić information content (AvgIpc) is 2.36. The van der Waals surface area contributed by atoms with E-state index in [2.05, 4.69) is 25.9 Å². The predicted octanol–water partition coefficient (Wildman–Crippen LogP) is 2.91. The van der Waals surface area contributed by atoms with E-state index in [1.807, 2.05) is 31.2 Å². The number of aryl methyl sites for hydroxylation is 1. The van der Waals surface area contributed by atoms with Crippen LogP contribution in [0.15, 0.2) is 33.5 Å². The first-order chi connectivity index (χ1) is 8.63. The van der Waals surface area contributed by atoms with Crippen LogP contribution in [-0.2, 0) is 0 Å². The molecule has 0 aliphatic rings. The minimum atomic E-state index is -0.191. The topological polar surface area (TPSA) is 55.0 Å². The van der Waals surface area contributed by atoms with Gasteiger partial charge in [-0.05, 0) is 41.9 Å². The van der Waals surface area contributed by atoms with Gasteiger partial charge in [0.2, 0.25) is 0 Å². The molecule has 2 aromatic rings. The highest BCUT2D eigenvalue weighted by Crippen LogP contribution is 2.27. The molecule has 1 aromatic carbocycles. The minimum Gasteiger partial charge on any atom is -0.493 e. The van der Waals surface area contributed by atoms with Gasteiger partial charge in [0.15, 0.2) is 0 Å². The Kier molecular flexibility index (Phi) is 3.81. The maximum atomic E-state index is 11.7. The largest absolute Gasteiger partial charge is 0.493 e. The molecule has 0 spiro atoms. The van der Waals surface area contributed by atoms with E-state index in [1.165, 1.54) is 0 Å². The SMILES string of the molecule is CCOc1ccccc1-c1nc(C)c(Br)c(=O)[nH]1. The summed E-state index contributed by atoms with van der Waals surface area (Å²) in [6, 6.07) is 7.50. The Labute approximate surface area is 113 Å². The fourth-order valence-electron chi connectivity index (χ4n) is 1.64. The van der Waals surface area contributed by atoms with Gasteiger partial charge in [-0.2, -0.15) is 0 Å². The zero-order valence-electron chi connectivity index (χ0n) is 10.2. The van der Waals surface area contributed by atoms with Crippen LogP contribution < -0.4 is 10.3 Å². The Morgan fingerprint density at radius 1 is 1.39 bits per heavy atom. The number of para-hydroxylation sites is 1. The number of nitrogens with zero attached hydrogens (tertiary/aromatic N) is 1. The normalized spacial score (nSPS) is 10.4. The average molecular weight is 309 g/mol. The molecule has 1 heterocycles. The molecule has 2 rings (SSSR count). The minimum absolute atomic E-state index is 0.191. The maximum Gasteiger partial charge on any atom is 0.265 e. The van der Waals surface area contributed by atoms with Crippen LogP contribution in [0.25, 0.3) is 11.4 Å². The van der Waals surface area contributed by atoms with E-state index >= 15 is 0 Å². The molecule has 4 nitrogen and oxygen atoms in total. The molecular formula is C13H13BrN2O2. The lowest BCUT2D eigenvalue weighted by molar-refractivity contribution is 0.341. The van der Waals surface area contributed by atoms with Crippen molar-refractivity contribution in [1.82, 2.24) is 9.97 Å². The quantitative estimate of drug-likeness (QED) is 0.948. The standard InChI is InChI=1S/C13H13BrN2O2/c1-3-18-10-7-5-4-6-9(10)12-15-8(2)11(14)13(17)16-12/h4-7H,3H2,1-2H3,(H,15,16,17). The molecule has 0 unspecified atom stereocenters. The Morgan fingerprint density at radius 3 is 2.78 bits per heavy atom. The molecular weight excluding hydrogens is 296 g/mol. The summed E-state index contributed by atoms with van der Waals surface area (Å²) in [6.07, 6.45) is 0. The number of hydrogen-bond donors (Lipinski definition) is 1. The lowest BCUT2D eigenvalue weighted by Crippen LogP contribution is -2.12. The van der Waals surface area contributed by atoms with Crippen LogP contribution in [0, 0.1) is 6.92 Å². The van der Waals surface area contributed by atoms with Crippen LogP contribution in [0.4, 0.5) is 0 Å². The van der Waals surface area contributed by atoms with E-state index in [9.17, 15) is 4.79 Å². The second-order valence-corrected chi connectivity index (χ2v) is 4.54. The summed E-state index contributed by atoms with van der Waals surface area (Å²) < 4.78 is 5.99. The van der Waals surface area contributed by atoms with E-state index < -0.39 is 0 Å². The molecule has 1 N–H and O–H groups in total. The van der Waals surface area contributed by atoms with Crippen molar-refractivity contribution in [3.8, 4) is 17.1 Å². The van der Waals surface area contributed by atoms with Crippen molar-refractivity contribution in [2.75, 3.05) is 6.61 Å². The maximum absolute atomic E-state index is 11.7. The monoisotopic (exact) mass is 308 g/mol. The number of nitrogens with one attached hydrogen (secondary N) is 1. The highest BCUT2D eigenvalue weighted by molar-refractivity contribution is 9.10. The number of ether oxygens (including phenoxy) is 1. The van der Waals surface area contributed by atoms with Crippen LogP contribution in [0.3, 0.4) is 0 Å². The molecule has 94 valence electrons. The molecule has 0 radical (unpaired) electrons. The Morgan fingerprint density at radius 2 is 2.11 bits per heavy atom. The number of hydrogen-bond acceptors (Lipinski definition) is 3. The number of aromatic amines is 1. The van der Waals surface area contributed by atoms with Crippen LogP contribution in [0.2, 0.25) is 0 Å². The van der Waals surface area contributed by atoms with Crippen molar-refractivity contribution in [3.63, 3.8) is 0 Å². The summed E-state index contributed by atoms with van der Waals surface area (Å²) >= 11 is 3.20. The van der Waals surface area contributed by atoms with Gasteiger partial charge < -0.3 is 9.72 Å². The molecule has 18 heavy (non-hydrogen) atoms. The number of H-pyrrole nitrogens is 1. The number of rotatable bonds is 3. The summed E-state index contributed by atoms with van der Waals surface area (Å²) in [5.41, 5.74) is 1.25. The van der Waals surface area contributed by atoms with Gasteiger partial charge in [0.1, 0.15) is 16.0 Å². The van der Waals surface area contributed by atoms with E-state index in [0.29, 0.717) is 28.3 Å². The zero-order valence-corrected chi connectivity index (χ0v) is 11.7. The molecule has 1 aromatic heterocycles. The summed E-state index contributed by atoms with van der Waals surface area (Å²) in [6.45, 7) is 4.27.